The number of furan rings is 1. The number of rotatable bonds is 5. The topological polar surface area (TPSA) is 80.5 Å². The van der Waals surface area contributed by atoms with Gasteiger partial charge in [-0.25, -0.2) is 4.98 Å². The van der Waals surface area contributed by atoms with Gasteiger partial charge in [-0.1, -0.05) is 12.1 Å². The van der Waals surface area contributed by atoms with Crippen LogP contribution in [0.15, 0.2) is 28.7 Å². The van der Waals surface area contributed by atoms with Crippen molar-refractivity contribution in [3.8, 4) is 5.75 Å². The number of hydrogen-bond acceptors (Lipinski definition) is 6. The van der Waals surface area contributed by atoms with Crippen molar-refractivity contribution >= 4 is 28.5 Å². The molecule has 0 spiro atoms. The van der Waals surface area contributed by atoms with Gasteiger partial charge in [-0.15, -0.1) is 0 Å². The summed E-state index contributed by atoms with van der Waals surface area (Å²) in [5.74, 6) is 3.18. The van der Waals surface area contributed by atoms with Gasteiger partial charge in [-0.05, 0) is 52.7 Å². The maximum Gasteiger partial charge on any atom is 0.231 e. The van der Waals surface area contributed by atoms with Crippen LogP contribution in [0.1, 0.15) is 36.9 Å². The van der Waals surface area contributed by atoms with Gasteiger partial charge in [-0.2, -0.15) is 4.98 Å². The van der Waals surface area contributed by atoms with Crippen molar-refractivity contribution < 1.29 is 13.9 Å². The minimum absolute atomic E-state index is 0.0402. The maximum absolute atomic E-state index is 12.9. The van der Waals surface area contributed by atoms with Gasteiger partial charge in [0.1, 0.15) is 23.2 Å². The highest BCUT2D eigenvalue weighted by molar-refractivity contribution is 5.94. The van der Waals surface area contributed by atoms with Gasteiger partial charge in [0.15, 0.2) is 0 Å². The first kappa shape index (κ1) is 20.2. The van der Waals surface area contributed by atoms with E-state index in [0.29, 0.717) is 23.9 Å². The number of ether oxygens (including phenoxy) is 1. The molecule has 2 aromatic heterocycles. The number of aryl methyl sites for hydroxylation is 3. The SMILES string of the molecule is CCOc1ccccc1NC(=O)C1CCN(c2nc(C)nc3oc(C)c(C)c23)CC1. The van der Waals surface area contributed by atoms with Gasteiger partial charge >= 0.3 is 0 Å². The lowest BCUT2D eigenvalue weighted by atomic mass is 9.95. The Kier molecular flexibility index (Phi) is 5.61. The smallest absolute Gasteiger partial charge is 0.231 e. The third-order valence-electron chi connectivity index (χ3n) is 5.73. The second-order valence-electron chi connectivity index (χ2n) is 7.74. The Balaban J connectivity index is 1.47. The number of hydrogen-bond donors (Lipinski definition) is 1. The molecule has 158 valence electrons. The van der Waals surface area contributed by atoms with Crippen LogP contribution < -0.4 is 15.0 Å². The van der Waals surface area contributed by atoms with Crippen LogP contribution >= 0.6 is 0 Å². The Morgan fingerprint density at radius 1 is 1.20 bits per heavy atom. The van der Waals surface area contributed by atoms with E-state index in [-0.39, 0.29) is 11.8 Å². The highest BCUT2D eigenvalue weighted by Crippen LogP contribution is 2.33. The molecule has 4 rings (SSSR count). The van der Waals surface area contributed by atoms with Gasteiger partial charge < -0.3 is 19.4 Å². The molecule has 1 aliphatic heterocycles. The fourth-order valence-corrected chi connectivity index (χ4v) is 4.00. The van der Waals surface area contributed by atoms with E-state index in [9.17, 15) is 4.79 Å². The van der Waals surface area contributed by atoms with Crippen molar-refractivity contribution in [1.82, 2.24) is 9.97 Å². The van der Waals surface area contributed by atoms with E-state index in [1.165, 1.54) is 0 Å². The van der Waals surface area contributed by atoms with E-state index >= 15 is 0 Å². The number of nitrogens with one attached hydrogen (secondary N) is 1. The number of para-hydroxylation sites is 2. The van der Waals surface area contributed by atoms with E-state index in [2.05, 4.69) is 15.2 Å². The lowest BCUT2D eigenvalue weighted by Crippen LogP contribution is -2.38. The third-order valence-corrected chi connectivity index (χ3v) is 5.73. The molecule has 1 N–H and O–H groups in total. The summed E-state index contributed by atoms with van der Waals surface area (Å²) in [5, 5.41) is 4.03. The number of nitrogens with zero attached hydrogens (tertiary/aromatic N) is 3. The molecule has 1 saturated heterocycles. The monoisotopic (exact) mass is 408 g/mol. The Labute approximate surface area is 176 Å². The van der Waals surface area contributed by atoms with Gasteiger partial charge in [-0.3, -0.25) is 4.79 Å². The van der Waals surface area contributed by atoms with Crippen LogP contribution in [0.2, 0.25) is 0 Å². The molecular weight excluding hydrogens is 380 g/mol. The zero-order chi connectivity index (χ0) is 21.3. The summed E-state index contributed by atoms with van der Waals surface area (Å²) < 4.78 is 11.4. The summed E-state index contributed by atoms with van der Waals surface area (Å²) in [6, 6.07) is 7.56. The number of carbonyl (C=O) groups excluding carboxylic acids is 1. The van der Waals surface area contributed by atoms with Crippen LogP contribution in [0.5, 0.6) is 5.75 Å². The zero-order valence-electron chi connectivity index (χ0n) is 18.0. The molecule has 0 bridgehead atoms. The average Bonchev–Trinajstić information content (AvgIpc) is 3.02. The fourth-order valence-electron chi connectivity index (χ4n) is 4.00. The first-order chi connectivity index (χ1) is 14.5. The quantitative estimate of drug-likeness (QED) is 0.674. The molecule has 0 radical (unpaired) electrons. The maximum atomic E-state index is 12.9. The van der Waals surface area contributed by atoms with Gasteiger partial charge in [0, 0.05) is 24.6 Å². The van der Waals surface area contributed by atoms with Crippen LogP contribution in [-0.2, 0) is 4.79 Å². The molecule has 3 aromatic rings. The minimum atomic E-state index is -0.0402. The average molecular weight is 409 g/mol. The Morgan fingerprint density at radius 3 is 2.67 bits per heavy atom. The van der Waals surface area contributed by atoms with Gasteiger partial charge in [0.05, 0.1) is 17.7 Å². The van der Waals surface area contributed by atoms with Crippen LogP contribution in [0.4, 0.5) is 11.5 Å². The van der Waals surface area contributed by atoms with E-state index < -0.39 is 0 Å². The second kappa shape index (κ2) is 8.34. The van der Waals surface area contributed by atoms with Crippen molar-refractivity contribution in [2.24, 2.45) is 5.92 Å². The van der Waals surface area contributed by atoms with Gasteiger partial charge in [0.2, 0.25) is 11.6 Å². The van der Waals surface area contributed by atoms with Crippen LogP contribution in [0, 0.1) is 26.7 Å². The normalized spacial score (nSPS) is 14.9. The molecule has 0 aliphatic carbocycles. The van der Waals surface area contributed by atoms with Crippen molar-refractivity contribution in [2.45, 2.75) is 40.5 Å². The fraction of sp³-hybridized carbons (Fsp3) is 0.435. The summed E-state index contributed by atoms with van der Waals surface area (Å²) >= 11 is 0. The minimum Gasteiger partial charge on any atom is -0.492 e. The second-order valence-corrected chi connectivity index (χ2v) is 7.74. The molecule has 1 amide bonds. The van der Waals surface area contributed by atoms with Crippen molar-refractivity contribution in [3.05, 3.63) is 41.4 Å². The predicted molar refractivity (Wildman–Crippen MR) is 117 cm³/mol. The Bertz CT molecular complexity index is 1070. The molecule has 30 heavy (non-hydrogen) atoms. The highest BCUT2D eigenvalue weighted by atomic mass is 16.5. The molecule has 1 fully saturated rings. The Morgan fingerprint density at radius 2 is 1.93 bits per heavy atom. The third kappa shape index (κ3) is 3.84. The first-order valence-corrected chi connectivity index (χ1v) is 10.5. The largest absolute Gasteiger partial charge is 0.492 e. The van der Waals surface area contributed by atoms with Crippen molar-refractivity contribution in [3.63, 3.8) is 0 Å². The number of fused-ring (bicyclic) bond motifs is 1. The number of benzene rings is 1. The number of anilines is 2. The number of piperidine rings is 1. The molecule has 3 heterocycles. The van der Waals surface area contributed by atoms with E-state index in [0.717, 1.165) is 54.1 Å². The summed E-state index contributed by atoms with van der Waals surface area (Å²) in [4.78, 5) is 24.3. The molecule has 1 aliphatic rings. The standard InChI is InChI=1S/C23H28N4O3/c1-5-29-19-9-7-6-8-18(19)26-22(28)17-10-12-27(13-11-17)21-20-14(2)15(3)30-23(20)25-16(4)24-21/h6-9,17H,5,10-13H2,1-4H3,(H,26,28). The Hall–Kier alpha value is -3.09. The molecular formula is C23H28N4O3. The number of aromatic nitrogens is 2. The number of amides is 1. The molecule has 0 atom stereocenters. The molecule has 7 nitrogen and oxygen atoms in total. The highest BCUT2D eigenvalue weighted by Gasteiger charge is 2.28. The molecule has 7 heteroatoms. The lowest BCUT2D eigenvalue weighted by Gasteiger charge is -2.32. The predicted octanol–water partition coefficient (Wildman–Crippen LogP) is 4.40. The molecule has 1 aromatic carbocycles. The number of carbonyl (C=O) groups is 1. The van der Waals surface area contributed by atoms with Crippen LogP contribution in [0.3, 0.4) is 0 Å². The summed E-state index contributed by atoms with van der Waals surface area (Å²) in [6.45, 7) is 9.90. The van der Waals surface area contributed by atoms with E-state index in [4.69, 9.17) is 14.1 Å². The zero-order valence-corrected chi connectivity index (χ0v) is 18.0. The summed E-state index contributed by atoms with van der Waals surface area (Å²) in [6.07, 6.45) is 1.53. The summed E-state index contributed by atoms with van der Waals surface area (Å²) in [7, 11) is 0. The first-order valence-electron chi connectivity index (χ1n) is 10.5. The van der Waals surface area contributed by atoms with E-state index in [1.807, 2.05) is 52.0 Å². The van der Waals surface area contributed by atoms with Crippen molar-refractivity contribution in [2.75, 3.05) is 29.9 Å². The van der Waals surface area contributed by atoms with Gasteiger partial charge in [0.25, 0.3) is 0 Å². The molecule has 0 unspecified atom stereocenters. The van der Waals surface area contributed by atoms with E-state index in [1.54, 1.807) is 0 Å². The van der Waals surface area contributed by atoms with Crippen molar-refractivity contribution in [1.29, 1.82) is 0 Å². The summed E-state index contributed by atoms with van der Waals surface area (Å²) in [5.41, 5.74) is 2.44. The van der Waals surface area contributed by atoms with Crippen LogP contribution in [-0.4, -0.2) is 35.6 Å². The lowest BCUT2D eigenvalue weighted by molar-refractivity contribution is -0.120. The molecule has 0 saturated carbocycles. The van der Waals surface area contributed by atoms with Crippen LogP contribution in [0.25, 0.3) is 11.1 Å².